The smallest absolute Gasteiger partial charge is 0.159 e. The first-order valence-electron chi connectivity index (χ1n) is 40.7. The van der Waals surface area contributed by atoms with Crippen LogP contribution >= 0.6 is 0 Å². The molecule has 0 saturated heterocycles. The van der Waals surface area contributed by atoms with Gasteiger partial charge in [-0.3, -0.25) is 0 Å². The summed E-state index contributed by atoms with van der Waals surface area (Å²) < 4.78 is 22.9. The molecule has 0 N–H and O–H groups in total. The van der Waals surface area contributed by atoms with Gasteiger partial charge in [-0.05, 0) is 232 Å². The van der Waals surface area contributed by atoms with Gasteiger partial charge in [0.2, 0.25) is 0 Å². The topological polar surface area (TPSA) is 46.0 Å². The summed E-state index contributed by atoms with van der Waals surface area (Å²) in [6.07, 6.45) is 0. The van der Waals surface area contributed by atoms with Crippen molar-refractivity contribution in [1.82, 2.24) is 18.3 Å². The first kappa shape index (κ1) is 63.7. The van der Waals surface area contributed by atoms with Crippen LogP contribution in [0.4, 0.5) is 0 Å². The summed E-state index contributed by atoms with van der Waals surface area (Å²) in [5.41, 5.74) is 31.4. The molecule has 27 rings (SSSR count). The monoisotopic (exact) mass is 1500 g/mol. The van der Waals surface area contributed by atoms with E-state index in [1.165, 1.54) is 131 Å². The van der Waals surface area contributed by atoms with E-state index >= 15 is 0 Å². The van der Waals surface area contributed by atoms with E-state index in [4.69, 9.17) is 8.83 Å². The van der Waals surface area contributed by atoms with Crippen LogP contribution < -0.4 is 0 Å². The normalized spacial score (nSPS) is 12.4. The molecule has 6 aromatic heterocycles. The number of aromatic nitrogens is 4. The van der Waals surface area contributed by atoms with Crippen LogP contribution in [-0.2, 0) is 0 Å². The highest BCUT2D eigenvalue weighted by Crippen LogP contribution is 2.53. The van der Waals surface area contributed by atoms with Crippen molar-refractivity contribution < 1.29 is 8.83 Å². The summed E-state index contributed by atoms with van der Waals surface area (Å²) in [4.78, 5) is 0. The minimum absolute atomic E-state index is 0.886. The number of hydrogen-bond donors (Lipinski definition) is 0. The van der Waals surface area contributed by atoms with E-state index in [1.54, 1.807) is 0 Å². The SMILES string of the molecule is c1cc(-c2ccc3c4ccccc4c4ccccc4c3c2)cc(-n2c3cc(-c4ccc5c(c4)c4ccccc4n5-c4ccc5oc6ccccc6c5c4)ccc3c3c(-c4ccc5c(c4)-c4cccc6c(-n7c8ccccc8c8ccc(-c9ccc%10c(c9)c9ccccc9n%10-c9cccc%10c9oc9ccccc9%10)cc87)ccc-5c46)cccc32)c1. The molecule has 0 unspecified atom stereocenters. The lowest BCUT2D eigenvalue weighted by Crippen LogP contribution is -1.96. The lowest BCUT2D eigenvalue weighted by atomic mass is 9.92. The van der Waals surface area contributed by atoms with Gasteiger partial charge < -0.3 is 27.1 Å². The van der Waals surface area contributed by atoms with Crippen molar-refractivity contribution in [2.45, 2.75) is 0 Å². The molecule has 0 aliphatic heterocycles. The van der Waals surface area contributed by atoms with Crippen molar-refractivity contribution in [1.29, 1.82) is 0 Å². The lowest BCUT2D eigenvalue weighted by Gasteiger charge is -2.14. The number of rotatable bonds is 8. The number of para-hydroxylation sites is 6. The summed E-state index contributed by atoms with van der Waals surface area (Å²) in [5, 5.41) is 24.2. The number of fused-ring (bicyclic) bond motifs is 27. The van der Waals surface area contributed by atoms with Gasteiger partial charge in [0.25, 0.3) is 0 Å². The lowest BCUT2D eigenvalue weighted by molar-refractivity contribution is 0.666. The maximum atomic E-state index is 6.68. The summed E-state index contributed by atoms with van der Waals surface area (Å²) in [6, 6.07) is 145. The number of hydrogen-bond acceptors (Lipinski definition) is 2. The number of furan rings is 2. The molecule has 544 valence electrons. The Labute approximate surface area is 674 Å². The van der Waals surface area contributed by atoms with E-state index in [2.05, 4.69) is 394 Å². The second-order valence-electron chi connectivity index (χ2n) is 32.1. The van der Waals surface area contributed by atoms with Crippen LogP contribution in [0.15, 0.2) is 397 Å². The second-order valence-corrected chi connectivity index (χ2v) is 32.1. The molecule has 6 nitrogen and oxygen atoms in total. The standard InChI is InChI=1S/C112H64N4O2/c1-2-23-77-75(21-1)76-22-3-4-24-78(76)92-58-66(41-48-79(77)92)65-19-15-20-72(57-65)114-103-37-17-30-74(111(103)91-51-43-70(63-106(91)114)67-45-53-101-94(59-67)82-26-6-10-34-97(82)113(101)73-47-56-109-96(64-73)86-29-9-13-39-107(86)117-109)71-44-49-80-88-52-55-100(90-33-16-31-87(110(88)90)93(80)61-71)116-98-35-11-5-25-81(98)84-50-42-69(62-105(84)116)68-46-54-102-95(60-68)83-27-7-12-36-99(83)115(102)104-38-18-32-89-85-28-8-14-40-108(85)118-112(89)104/h1-64H. The fourth-order valence-corrected chi connectivity index (χ4v) is 20.9. The zero-order valence-electron chi connectivity index (χ0n) is 63.6. The highest BCUT2D eigenvalue weighted by atomic mass is 16.3. The zero-order chi connectivity index (χ0) is 76.7. The third-order valence-electron chi connectivity index (χ3n) is 26.1. The second kappa shape index (κ2) is 23.9. The van der Waals surface area contributed by atoms with Crippen LogP contribution in [0.3, 0.4) is 0 Å². The van der Waals surface area contributed by atoms with Crippen molar-refractivity contribution in [2.75, 3.05) is 0 Å². The Bertz CT molecular complexity index is 8940. The van der Waals surface area contributed by atoms with Crippen molar-refractivity contribution in [3.8, 4) is 89.5 Å². The average Bonchev–Trinajstić information content (AvgIpc) is 1.65. The Hall–Kier alpha value is -15.8. The minimum atomic E-state index is 0.886. The highest BCUT2D eigenvalue weighted by Gasteiger charge is 2.28. The van der Waals surface area contributed by atoms with Crippen molar-refractivity contribution >= 4 is 174 Å². The predicted molar refractivity (Wildman–Crippen MR) is 495 cm³/mol. The molecule has 6 heterocycles. The Morgan fingerprint density at radius 1 is 0.153 bits per heavy atom. The van der Waals surface area contributed by atoms with E-state index in [0.717, 1.165) is 133 Å². The fourth-order valence-electron chi connectivity index (χ4n) is 20.9. The van der Waals surface area contributed by atoms with Crippen LogP contribution in [0.2, 0.25) is 0 Å². The van der Waals surface area contributed by atoms with Crippen molar-refractivity contribution in [3.05, 3.63) is 388 Å². The van der Waals surface area contributed by atoms with Gasteiger partial charge in [0.15, 0.2) is 5.58 Å². The van der Waals surface area contributed by atoms with E-state index in [-0.39, 0.29) is 0 Å². The van der Waals surface area contributed by atoms with Crippen LogP contribution in [0, 0.1) is 0 Å². The third-order valence-corrected chi connectivity index (χ3v) is 26.1. The van der Waals surface area contributed by atoms with E-state index < -0.39 is 0 Å². The van der Waals surface area contributed by atoms with Crippen LogP contribution in [0.25, 0.3) is 264 Å². The summed E-state index contributed by atoms with van der Waals surface area (Å²) in [5.74, 6) is 0. The molecule has 0 saturated carbocycles. The molecule has 0 bridgehead atoms. The van der Waals surface area contributed by atoms with Crippen LogP contribution in [-0.4, -0.2) is 18.3 Å². The Morgan fingerprint density at radius 3 is 1.29 bits per heavy atom. The van der Waals surface area contributed by atoms with Gasteiger partial charge in [0.1, 0.15) is 16.7 Å². The first-order chi connectivity index (χ1) is 58.5. The number of nitrogens with zero attached hydrogens (tertiary/aromatic N) is 4. The van der Waals surface area contributed by atoms with Crippen LogP contribution in [0.1, 0.15) is 0 Å². The number of benzene rings is 20. The molecule has 0 fully saturated rings. The van der Waals surface area contributed by atoms with Gasteiger partial charge in [0.05, 0.1) is 55.5 Å². The molecule has 1 aliphatic carbocycles. The minimum Gasteiger partial charge on any atom is -0.456 e. The van der Waals surface area contributed by atoms with Gasteiger partial charge in [-0.2, -0.15) is 0 Å². The quantitative estimate of drug-likeness (QED) is 0.142. The van der Waals surface area contributed by atoms with Gasteiger partial charge >= 0.3 is 0 Å². The fraction of sp³-hybridized carbons (Fsp3) is 0. The van der Waals surface area contributed by atoms with Gasteiger partial charge in [-0.15, -0.1) is 0 Å². The Balaban J connectivity index is 0.602. The zero-order valence-corrected chi connectivity index (χ0v) is 63.6. The van der Waals surface area contributed by atoms with Gasteiger partial charge in [0, 0.05) is 81.4 Å². The molecule has 0 atom stereocenters. The molecule has 0 radical (unpaired) electrons. The molecule has 0 amide bonds. The summed E-state index contributed by atoms with van der Waals surface area (Å²) in [6.45, 7) is 0. The van der Waals surface area contributed by atoms with E-state index in [9.17, 15) is 0 Å². The predicted octanol–water partition coefficient (Wildman–Crippen LogP) is 30.8. The molecule has 20 aromatic carbocycles. The third kappa shape index (κ3) is 8.89. The van der Waals surface area contributed by atoms with E-state index in [0.29, 0.717) is 0 Å². The molecule has 0 spiro atoms. The molecule has 26 aromatic rings. The highest BCUT2D eigenvalue weighted by molar-refractivity contribution is 6.27. The van der Waals surface area contributed by atoms with Crippen molar-refractivity contribution in [3.63, 3.8) is 0 Å². The summed E-state index contributed by atoms with van der Waals surface area (Å²) >= 11 is 0. The Kier molecular flexibility index (Phi) is 12.9. The maximum Gasteiger partial charge on any atom is 0.159 e. The van der Waals surface area contributed by atoms with E-state index in [1.807, 2.05) is 12.1 Å². The molecular formula is C112H64N4O2. The average molecular weight is 1500 g/mol. The molecule has 118 heavy (non-hydrogen) atoms. The largest absolute Gasteiger partial charge is 0.456 e. The summed E-state index contributed by atoms with van der Waals surface area (Å²) in [7, 11) is 0. The maximum absolute atomic E-state index is 6.68. The van der Waals surface area contributed by atoms with Crippen molar-refractivity contribution in [2.24, 2.45) is 0 Å². The van der Waals surface area contributed by atoms with Gasteiger partial charge in [-0.1, -0.05) is 261 Å². The molecule has 6 heteroatoms. The Morgan fingerprint density at radius 2 is 0.576 bits per heavy atom. The molecule has 1 aliphatic rings. The van der Waals surface area contributed by atoms with Gasteiger partial charge in [-0.25, -0.2) is 0 Å². The first-order valence-corrected chi connectivity index (χ1v) is 40.7. The van der Waals surface area contributed by atoms with Crippen LogP contribution in [0.5, 0.6) is 0 Å². The molecular weight excluding hydrogens is 1430 g/mol.